The molecule has 0 aliphatic heterocycles. The predicted octanol–water partition coefficient (Wildman–Crippen LogP) is 2.92. The van der Waals surface area contributed by atoms with Crippen LogP contribution in [0.15, 0.2) is 29.2 Å². The minimum Gasteiger partial charge on any atom is -0.365 e. The molecule has 0 saturated heterocycles. The molecule has 2 rings (SSSR count). The number of nitrogens with two attached hydrogens (primary N) is 1. The fraction of sp³-hybridized carbons (Fsp3) is 0.250. The van der Waals surface area contributed by atoms with E-state index in [4.69, 9.17) is 17.3 Å². The molecule has 2 aromatic rings. The first-order valence-corrected chi connectivity index (χ1v) is 10.1. The number of thiophene rings is 1. The van der Waals surface area contributed by atoms with E-state index in [2.05, 4.69) is 5.32 Å². The maximum absolute atomic E-state index is 12.2. The number of primary amides is 1. The Labute approximate surface area is 154 Å². The van der Waals surface area contributed by atoms with Crippen molar-refractivity contribution in [3.05, 3.63) is 45.3 Å². The van der Waals surface area contributed by atoms with Crippen LogP contribution >= 0.6 is 22.9 Å². The van der Waals surface area contributed by atoms with E-state index in [0.717, 1.165) is 4.88 Å². The average Bonchev–Trinajstić information content (AvgIpc) is 2.80. The van der Waals surface area contributed by atoms with Gasteiger partial charge in [0.2, 0.25) is 5.91 Å². The number of halogens is 1. The molecular weight excluding hydrogens is 384 g/mol. The monoisotopic (exact) mass is 400 g/mol. The Hall–Kier alpha value is -1.90. The molecule has 134 valence electrons. The summed E-state index contributed by atoms with van der Waals surface area (Å²) < 4.78 is 24.5. The molecule has 0 unspecified atom stereocenters. The van der Waals surface area contributed by atoms with Crippen LogP contribution in [0.4, 0.5) is 5.00 Å². The van der Waals surface area contributed by atoms with Gasteiger partial charge in [-0.3, -0.25) is 9.59 Å². The maximum atomic E-state index is 12.2. The fourth-order valence-electron chi connectivity index (χ4n) is 2.19. The van der Waals surface area contributed by atoms with Crippen molar-refractivity contribution < 1.29 is 18.0 Å². The molecule has 1 heterocycles. The number of anilines is 1. The zero-order valence-corrected chi connectivity index (χ0v) is 16.0. The summed E-state index contributed by atoms with van der Waals surface area (Å²) in [6.07, 6.45) is -0.237. The number of nitrogens with one attached hydrogen (secondary N) is 1. The molecule has 1 aromatic heterocycles. The van der Waals surface area contributed by atoms with Gasteiger partial charge in [0.05, 0.1) is 16.2 Å². The summed E-state index contributed by atoms with van der Waals surface area (Å²) in [5.41, 5.74) is 6.32. The largest absolute Gasteiger partial charge is 0.365 e. The summed E-state index contributed by atoms with van der Waals surface area (Å²) in [4.78, 5) is 24.6. The number of rotatable bonds is 6. The summed E-state index contributed by atoms with van der Waals surface area (Å²) in [7, 11) is -3.60. The molecule has 0 aliphatic carbocycles. The van der Waals surface area contributed by atoms with Crippen LogP contribution in [0.3, 0.4) is 0 Å². The number of carbonyl (C=O) groups is 2. The summed E-state index contributed by atoms with van der Waals surface area (Å²) in [6.45, 7) is 3.56. The lowest BCUT2D eigenvalue weighted by Gasteiger charge is -2.06. The molecule has 0 atom stereocenters. The van der Waals surface area contributed by atoms with Crippen molar-refractivity contribution in [3.63, 3.8) is 0 Å². The summed E-state index contributed by atoms with van der Waals surface area (Å²) in [6, 6.07) is 5.75. The Morgan fingerprint density at radius 1 is 1.20 bits per heavy atom. The van der Waals surface area contributed by atoms with Crippen LogP contribution in [0.1, 0.15) is 27.2 Å². The summed E-state index contributed by atoms with van der Waals surface area (Å²) >= 11 is 6.97. The highest BCUT2D eigenvalue weighted by molar-refractivity contribution is 7.91. The van der Waals surface area contributed by atoms with Gasteiger partial charge in [0.1, 0.15) is 5.00 Å². The molecule has 6 nitrogen and oxygen atoms in total. The average molecular weight is 401 g/mol. The van der Waals surface area contributed by atoms with Crippen molar-refractivity contribution in [1.29, 1.82) is 0 Å². The number of aryl methyl sites for hydroxylation is 1. The standard InChI is InChI=1S/C16H17ClN2O4S2/c1-9-10(2)24-16(14(9)15(18)21)19-13(20)7-8-25(22,23)12-5-3-11(17)4-6-12/h3-6H,7-8H2,1-2H3,(H2,18,21)(H,19,20). The number of benzene rings is 1. The van der Waals surface area contributed by atoms with E-state index < -0.39 is 21.7 Å². The van der Waals surface area contributed by atoms with E-state index in [1.807, 2.05) is 6.92 Å². The van der Waals surface area contributed by atoms with Gasteiger partial charge in [0, 0.05) is 16.3 Å². The molecule has 0 radical (unpaired) electrons. The Bertz CT molecular complexity index is 918. The van der Waals surface area contributed by atoms with Crippen LogP contribution in [0.25, 0.3) is 0 Å². The highest BCUT2D eigenvalue weighted by atomic mass is 35.5. The first kappa shape index (κ1) is 19.4. The van der Waals surface area contributed by atoms with E-state index in [-0.39, 0.29) is 22.6 Å². The Kier molecular flexibility index (Phi) is 5.87. The van der Waals surface area contributed by atoms with Crippen molar-refractivity contribution in [1.82, 2.24) is 0 Å². The van der Waals surface area contributed by atoms with E-state index in [9.17, 15) is 18.0 Å². The highest BCUT2D eigenvalue weighted by Crippen LogP contribution is 2.32. The van der Waals surface area contributed by atoms with E-state index in [0.29, 0.717) is 15.6 Å². The lowest BCUT2D eigenvalue weighted by molar-refractivity contribution is -0.115. The molecule has 25 heavy (non-hydrogen) atoms. The van der Waals surface area contributed by atoms with E-state index in [1.54, 1.807) is 6.92 Å². The van der Waals surface area contributed by atoms with Crippen molar-refractivity contribution >= 4 is 49.6 Å². The fourth-order valence-corrected chi connectivity index (χ4v) is 4.64. The van der Waals surface area contributed by atoms with Crippen molar-refractivity contribution in [2.24, 2.45) is 5.73 Å². The van der Waals surface area contributed by atoms with Crippen LogP contribution in [-0.2, 0) is 14.6 Å². The zero-order valence-electron chi connectivity index (χ0n) is 13.6. The quantitative estimate of drug-likeness (QED) is 0.777. The Balaban J connectivity index is 2.08. The molecule has 0 fully saturated rings. The van der Waals surface area contributed by atoms with Gasteiger partial charge >= 0.3 is 0 Å². The van der Waals surface area contributed by atoms with E-state index >= 15 is 0 Å². The third-order valence-electron chi connectivity index (χ3n) is 3.66. The SMILES string of the molecule is Cc1sc(NC(=O)CCS(=O)(=O)c2ccc(Cl)cc2)c(C(N)=O)c1C. The summed E-state index contributed by atoms with van der Waals surface area (Å²) in [5.74, 6) is -1.48. The maximum Gasteiger partial charge on any atom is 0.251 e. The van der Waals surface area contributed by atoms with Gasteiger partial charge in [-0.15, -0.1) is 11.3 Å². The van der Waals surface area contributed by atoms with E-state index in [1.165, 1.54) is 35.6 Å². The summed E-state index contributed by atoms with van der Waals surface area (Å²) in [5, 5.41) is 3.35. The van der Waals surface area contributed by atoms with Crippen molar-refractivity contribution in [3.8, 4) is 0 Å². The number of hydrogen-bond donors (Lipinski definition) is 2. The van der Waals surface area contributed by atoms with Crippen LogP contribution in [0.5, 0.6) is 0 Å². The minimum absolute atomic E-state index is 0.102. The molecule has 0 bridgehead atoms. The molecule has 2 amide bonds. The molecule has 0 aliphatic rings. The molecule has 0 spiro atoms. The number of amides is 2. The van der Waals surface area contributed by atoms with Crippen LogP contribution < -0.4 is 11.1 Å². The number of carbonyl (C=O) groups excluding carboxylic acids is 2. The molecule has 9 heteroatoms. The van der Waals surface area contributed by atoms with Gasteiger partial charge in [0.25, 0.3) is 5.91 Å². The smallest absolute Gasteiger partial charge is 0.251 e. The first-order valence-electron chi connectivity index (χ1n) is 7.30. The van der Waals surface area contributed by atoms with Crippen molar-refractivity contribution in [2.75, 3.05) is 11.1 Å². The third-order valence-corrected chi connectivity index (χ3v) is 6.76. The Morgan fingerprint density at radius 2 is 1.80 bits per heavy atom. The molecule has 3 N–H and O–H groups in total. The minimum atomic E-state index is -3.60. The van der Waals surface area contributed by atoms with Crippen LogP contribution in [0.2, 0.25) is 5.02 Å². The van der Waals surface area contributed by atoms with Gasteiger partial charge < -0.3 is 11.1 Å². The molecule has 0 saturated carbocycles. The van der Waals surface area contributed by atoms with Crippen molar-refractivity contribution in [2.45, 2.75) is 25.2 Å². The van der Waals surface area contributed by atoms with Gasteiger partial charge in [-0.25, -0.2) is 8.42 Å². The zero-order chi connectivity index (χ0) is 18.8. The first-order chi connectivity index (χ1) is 11.6. The normalized spacial score (nSPS) is 11.3. The van der Waals surface area contributed by atoms with Gasteiger partial charge in [0.15, 0.2) is 9.84 Å². The Morgan fingerprint density at radius 3 is 2.36 bits per heavy atom. The number of hydrogen-bond acceptors (Lipinski definition) is 5. The highest BCUT2D eigenvalue weighted by Gasteiger charge is 2.21. The third kappa shape index (κ3) is 4.59. The van der Waals surface area contributed by atoms with Gasteiger partial charge in [-0.2, -0.15) is 0 Å². The number of sulfone groups is 1. The van der Waals surface area contributed by atoms with Crippen LogP contribution in [0, 0.1) is 13.8 Å². The molecular formula is C16H17ClN2O4S2. The lowest BCUT2D eigenvalue weighted by atomic mass is 10.1. The second kappa shape index (κ2) is 7.55. The van der Waals surface area contributed by atoms with Gasteiger partial charge in [-0.05, 0) is 43.7 Å². The van der Waals surface area contributed by atoms with Gasteiger partial charge in [-0.1, -0.05) is 11.6 Å². The van der Waals surface area contributed by atoms with Crippen LogP contribution in [-0.4, -0.2) is 26.0 Å². The predicted molar refractivity (Wildman–Crippen MR) is 99.1 cm³/mol. The topological polar surface area (TPSA) is 106 Å². The second-order valence-electron chi connectivity index (χ2n) is 5.42. The second-order valence-corrected chi connectivity index (χ2v) is 9.19. The lowest BCUT2D eigenvalue weighted by Crippen LogP contribution is -2.19. The molecule has 1 aromatic carbocycles.